The normalized spacial score (nSPS) is 17.8. The molecule has 0 spiro atoms. The highest BCUT2D eigenvalue weighted by molar-refractivity contribution is 7.89. The zero-order valence-electron chi connectivity index (χ0n) is 19.0. The molecule has 1 saturated heterocycles. The van der Waals surface area contributed by atoms with Gasteiger partial charge in [0.2, 0.25) is 15.9 Å². The second-order valence-electron chi connectivity index (χ2n) is 8.58. The molecule has 1 N–H and O–H groups in total. The Balaban J connectivity index is 1.30. The van der Waals surface area contributed by atoms with E-state index in [0.29, 0.717) is 61.2 Å². The maximum Gasteiger partial charge on any atom is 0.248 e. The molecular formula is C22H29N5O4S2. The van der Waals surface area contributed by atoms with Gasteiger partial charge in [-0.3, -0.25) is 4.79 Å². The van der Waals surface area contributed by atoms with E-state index in [1.807, 2.05) is 0 Å². The van der Waals surface area contributed by atoms with E-state index >= 15 is 0 Å². The van der Waals surface area contributed by atoms with Crippen LogP contribution in [0.2, 0.25) is 0 Å². The molecule has 33 heavy (non-hydrogen) atoms. The average Bonchev–Trinajstić information content (AvgIpc) is 3.20. The molecule has 4 rings (SSSR count). The molecule has 2 aromatic rings. The molecule has 0 saturated carbocycles. The smallest absolute Gasteiger partial charge is 0.248 e. The number of hydrogen-bond acceptors (Lipinski definition) is 8. The van der Waals surface area contributed by atoms with Crippen molar-refractivity contribution in [1.82, 2.24) is 14.4 Å². The van der Waals surface area contributed by atoms with Crippen molar-refractivity contribution in [3.05, 3.63) is 27.5 Å². The lowest BCUT2D eigenvalue weighted by Crippen LogP contribution is -2.49. The number of piperazine rings is 1. The third-order valence-corrected chi connectivity index (χ3v) is 9.69. The molecule has 2 aromatic heterocycles. The molecular weight excluding hydrogens is 462 g/mol. The van der Waals surface area contributed by atoms with Crippen molar-refractivity contribution in [2.45, 2.75) is 57.3 Å². The fourth-order valence-corrected chi connectivity index (χ4v) is 7.53. The van der Waals surface area contributed by atoms with Crippen molar-refractivity contribution in [3.8, 4) is 6.07 Å². The van der Waals surface area contributed by atoms with Crippen molar-refractivity contribution in [2.75, 3.05) is 38.0 Å². The Kier molecular flexibility index (Phi) is 7.19. The molecule has 2 aliphatic rings. The van der Waals surface area contributed by atoms with Crippen molar-refractivity contribution in [2.24, 2.45) is 0 Å². The molecule has 0 bridgehead atoms. The maximum absolute atomic E-state index is 12.9. The van der Waals surface area contributed by atoms with Crippen LogP contribution >= 0.6 is 11.3 Å². The van der Waals surface area contributed by atoms with Gasteiger partial charge in [-0.2, -0.15) is 9.57 Å². The number of nitriles is 1. The van der Waals surface area contributed by atoms with Crippen molar-refractivity contribution in [1.29, 1.82) is 5.26 Å². The van der Waals surface area contributed by atoms with Crippen molar-refractivity contribution < 1.29 is 17.7 Å². The van der Waals surface area contributed by atoms with Crippen LogP contribution in [0.5, 0.6) is 0 Å². The number of hydrogen-bond donors (Lipinski definition) is 1. The molecule has 1 aliphatic carbocycles. The summed E-state index contributed by atoms with van der Waals surface area (Å²) in [4.78, 5) is 16.1. The van der Waals surface area contributed by atoms with Crippen LogP contribution in [0.4, 0.5) is 5.00 Å². The molecule has 1 fully saturated rings. The number of sulfonamides is 1. The number of fused-ring (bicyclic) bond motifs is 1. The quantitative estimate of drug-likeness (QED) is 0.617. The first kappa shape index (κ1) is 23.9. The second kappa shape index (κ2) is 9.93. The highest BCUT2D eigenvalue weighted by atomic mass is 32.2. The van der Waals surface area contributed by atoms with Crippen molar-refractivity contribution >= 4 is 32.3 Å². The number of aromatic nitrogens is 1. The van der Waals surface area contributed by atoms with Gasteiger partial charge >= 0.3 is 0 Å². The van der Waals surface area contributed by atoms with Gasteiger partial charge in [0.25, 0.3) is 0 Å². The van der Waals surface area contributed by atoms with E-state index in [2.05, 4.69) is 21.4 Å². The Hall–Kier alpha value is -2.26. The molecule has 1 aliphatic heterocycles. The number of thiophene rings is 1. The number of nitrogens with zero attached hydrogens (tertiary/aromatic N) is 4. The van der Waals surface area contributed by atoms with Crippen LogP contribution in [0.15, 0.2) is 9.42 Å². The van der Waals surface area contributed by atoms with Gasteiger partial charge in [-0.1, -0.05) is 11.6 Å². The van der Waals surface area contributed by atoms with E-state index in [1.54, 1.807) is 13.8 Å². The number of carbonyl (C=O) groups is 1. The van der Waals surface area contributed by atoms with Crippen LogP contribution in [0, 0.1) is 25.2 Å². The lowest BCUT2D eigenvalue weighted by Gasteiger charge is -2.33. The standard InChI is InChI=1S/C22H29N5O4S2/c1-15-21(16(2)31-25-15)33(29,30)27-12-10-26(11-13-27)9-8-20(28)24-22-18(14-23)17-6-4-3-5-7-19(17)32-22/h3-13H2,1-2H3,(H,24,28). The first-order valence-corrected chi connectivity index (χ1v) is 13.6. The van der Waals surface area contributed by atoms with E-state index in [0.717, 1.165) is 31.2 Å². The first-order chi connectivity index (χ1) is 15.8. The minimum absolute atomic E-state index is 0.117. The summed E-state index contributed by atoms with van der Waals surface area (Å²) in [5.41, 5.74) is 2.11. The molecule has 0 atom stereocenters. The topological polar surface area (TPSA) is 120 Å². The Bertz CT molecular complexity index is 1150. The Morgan fingerprint density at radius 3 is 2.58 bits per heavy atom. The van der Waals surface area contributed by atoms with Gasteiger partial charge in [-0.25, -0.2) is 8.42 Å². The van der Waals surface area contributed by atoms with Gasteiger partial charge in [0.1, 0.15) is 21.7 Å². The monoisotopic (exact) mass is 491 g/mol. The number of rotatable bonds is 6. The molecule has 3 heterocycles. The zero-order chi connectivity index (χ0) is 23.6. The zero-order valence-corrected chi connectivity index (χ0v) is 20.6. The van der Waals surface area contributed by atoms with E-state index in [1.165, 1.54) is 26.9 Å². The van der Waals surface area contributed by atoms with Crippen LogP contribution in [-0.2, 0) is 27.7 Å². The van der Waals surface area contributed by atoms with Gasteiger partial charge < -0.3 is 14.7 Å². The number of carbonyl (C=O) groups excluding carboxylic acids is 1. The Morgan fingerprint density at radius 1 is 1.18 bits per heavy atom. The molecule has 0 unspecified atom stereocenters. The van der Waals surface area contributed by atoms with Crippen LogP contribution in [0.25, 0.3) is 0 Å². The number of nitrogens with one attached hydrogen (secondary N) is 1. The Morgan fingerprint density at radius 2 is 1.91 bits per heavy atom. The Labute approximate surface area is 198 Å². The van der Waals surface area contributed by atoms with Gasteiger partial charge in [0.15, 0.2) is 5.76 Å². The van der Waals surface area contributed by atoms with Crippen LogP contribution in [0.1, 0.15) is 53.1 Å². The number of anilines is 1. The lowest BCUT2D eigenvalue weighted by molar-refractivity contribution is -0.116. The SMILES string of the molecule is Cc1noc(C)c1S(=O)(=O)N1CCN(CCC(=O)Nc2sc3c(c2C#N)CCCCC3)CC1. The number of aryl methyl sites for hydroxylation is 3. The predicted octanol–water partition coefficient (Wildman–Crippen LogP) is 2.83. The summed E-state index contributed by atoms with van der Waals surface area (Å²) in [6.45, 7) is 5.57. The first-order valence-electron chi connectivity index (χ1n) is 11.3. The summed E-state index contributed by atoms with van der Waals surface area (Å²) in [5.74, 6) is 0.183. The van der Waals surface area contributed by atoms with Crippen LogP contribution in [-0.4, -0.2) is 61.4 Å². The van der Waals surface area contributed by atoms with Gasteiger partial charge in [-0.15, -0.1) is 11.3 Å². The molecule has 9 nitrogen and oxygen atoms in total. The lowest BCUT2D eigenvalue weighted by atomic mass is 10.1. The summed E-state index contributed by atoms with van der Waals surface area (Å²) in [7, 11) is -3.65. The van der Waals surface area contributed by atoms with Crippen LogP contribution in [0.3, 0.4) is 0 Å². The number of amides is 1. The molecule has 11 heteroatoms. The fraction of sp³-hybridized carbons (Fsp3) is 0.591. The van der Waals surface area contributed by atoms with Gasteiger partial charge in [0.05, 0.1) is 5.56 Å². The molecule has 0 radical (unpaired) electrons. The summed E-state index contributed by atoms with van der Waals surface area (Å²) in [5, 5.41) is 17.0. The third kappa shape index (κ3) is 4.99. The summed E-state index contributed by atoms with van der Waals surface area (Å²) < 4.78 is 32.4. The molecule has 178 valence electrons. The van der Waals surface area contributed by atoms with E-state index in [9.17, 15) is 18.5 Å². The van der Waals surface area contributed by atoms with E-state index in [4.69, 9.17) is 4.52 Å². The fourth-order valence-electron chi connectivity index (χ4n) is 4.56. The summed E-state index contributed by atoms with van der Waals surface area (Å²) in [6.07, 6.45) is 5.58. The third-order valence-electron chi connectivity index (χ3n) is 6.34. The predicted molar refractivity (Wildman–Crippen MR) is 125 cm³/mol. The van der Waals surface area contributed by atoms with E-state index in [-0.39, 0.29) is 10.8 Å². The highest BCUT2D eigenvalue weighted by Gasteiger charge is 2.33. The average molecular weight is 492 g/mol. The second-order valence-corrected chi connectivity index (χ2v) is 11.6. The minimum atomic E-state index is -3.65. The maximum atomic E-state index is 12.9. The molecule has 0 aromatic carbocycles. The van der Waals surface area contributed by atoms with E-state index < -0.39 is 10.0 Å². The molecule has 1 amide bonds. The minimum Gasteiger partial charge on any atom is -0.360 e. The largest absolute Gasteiger partial charge is 0.360 e. The van der Waals surface area contributed by atoms with Crippen LogP contribution < -0.4 is 5.32 Å². The summed E-state index contributed by atoms with van der Waals surface area (Å²) >= 11 is 1.54. The van der Waals surface area contributed by atoms with Crippen molar-refractivity contribution in [3.63, 3.8) is 0 Å². The highest BCUT2D eigenvalue weighted by Crippen LogP contribution is 2.37. The summed E-state index contributed by atoms with van der Waals surface area (Å²) in [6, 6.07) is 2.29. The van der Waals surface area contributed by atoms with Gasteiger partial charge in [0, 0.05) is 44.0 Å². The van der Waals surface area contributed by atoms with Gasteiger partial charge in [-0.05, 0) is 45.1 Å².